The Morgan fingerprint density at radius 3 is 2.72 bits per heavy atom. The normalized spacial score (nSPS) is 17.8. The first-order valence-corrected chi connectivity index (χ1v) is 10.7. The van der Waals surface area contributed by atoms with Crippen LogP contribution in [0.1, 0.15) is 39.9 Å². The first-order valence-electron chi connectivity index (χ1n) is 10.3. The van der Waals surface area contributed by atoms with Crippen LogP contribution in [-0.4, -0.2) is 41.7 Å². The minimum Gasteiger partial charge on any atom is -0.334 e. The molecule has 4 rings (SSSR count). The summed E-state index contributed by atoms with van der Waals surface area (Å²) in [6.45, 7) is 2.47. The van der Waals surface area contributed by atoms with Crippen LogP contribution in [0, 0.1) is 6.92 Å². The van der Waals surface area contributed by atoms with Gasteiger partial charge in [-0.05, 0) is 48.2 Å². The molecule has 2 heterocycles. The van der Waals surface area contributed by atoms with Crippen LogP contribution < -0.4 is 15.5 Å². The van der Waals surface area contributed by atoms with Gasteiger partial charge in [0.1, 0.15) is 6.04 Å². The van der Waals surface area contributed by atoms with E-state index in [1.807, 2.05) is 25.1 Å². The van der Waals surface area contributed by atoms with Crippen molar-refractivity contribution in [1.82, 2.24) is 15.5 Å². The topological polar surface area (TPSA) is 98.8 Å². The molecule has 5 amide bonds. The number of hydrogen-bond donors (Lipinski definition) is 2. The highest BCUT2D eigenvalue weighted by molar-refractivity contribution is 6.31. The van der Waals surface area contributed by atoms with Crippen molar-refractivity contribution in [1.29, 1.82) is 0 Å². The standard InChI is InChI=1S/C23H23ClN4O4/c1-13-3-5-16(10-18(13)24)27(2)23(32)25-11-14-4-6-17-15(9-14)12-28(22(17)31)19-7-8-20(29)26-21(19)30/h3-6,9-10,19H,7-8,11-12H2,1-2H3,(H,25,32)(H,26,29,30). The third-order valence-corrected chi connectivity index (χ3v) is 6.29. The van der Waals surface area contributed by atoms with Crippen molar-refractivity contribution in [3.63, 3.8) is 0 Å². The summed E-state index contributed by atoms with van der Waals surface area (Å²) >= 11 is 6.15. The molecule has 1 atom stereocenters. The number of anilines is 1. The Bertz CT molecular complexity index is 1130. The summed E-state index contributed by atoms with van der Waals surface area (Å²) in [6, 6.07) is 9.85. The highest BCUT2D eigenvalue weighted by Crippen LogP contribution is 2.28. The number of rotatable bonds is 4. The fraction of sp³-hybridized carbons (Fsp3) is 0.304. The van der Waals surface area contributed by atoms with E-state index in [4.69, 9.17) is 11.6 Å². The van der Waals surface area contributed by atoms with E-state index in [0.717, 1.165) is 16.7 Å². The van der Waals surface area contributed by atoms with Gasteiger partial charge in [0, 0.05) is 42.8 Å². The van der Waals surface area contributed by atoms with Gasteiger partial charge in [0.05, 0.1) is 0 Å². The van der Waals surface area contributed by atoms with Gasteiger partial charge in [-0.3, -0.25) is 24.6 Å². The van der Waals surface area contributed by atoms with Crippen molar-refractivity contribution in [3.05, 3.63) is 63.7 Å². The number of urea groups is 1. The fourth-order valence-electron chi connectivity index (χ4n) is 3.94. The second-order valence-electron chi connectivity index (χ2n) is 8.04. The lowest BCUT2D eigenvalue weighted by atomic mass is 10.0. The van der Waals surface area contributed by atoms with Crippen LogP contribution in [0.25, 0.3) is 0 Å². The number of nitrogens with one attached hydrogen (secondary N) is 2. The zero-order chi connectivity index (χ0) is 23.0. The van der Waals surface area contributed by atoms with Crippen LogP contribution in [0.3, 0.4) is 0 Å². The fourth-order valence-corrected chi connectivity index (χ4v) is 4.12. The minimum atomic E-state index is -0.647. The van der Waals surface area contributed by atoms with E-state index in [1.165, 1.54) is 9.80 Å². The quantitative estimate of drug-likeness (QED) is 0.694. The monoisotopic (exact) mass is 454 g/mol. The lowest BCUT2D eigenvalue weighted by molar-refractivity contribution is -0.136. The Morgan fingerprint density at radius 1 is 1.22 bits per heavy atom. The van der Waals surface area contributed by atoms with Gasteiger partial charge in [0.2, 0.25) is 11.8 Å². The molecule has 0 radical (unpaired) electrons. The molecular formula is C23H23ClN4O4. The van der Waals surface area contributed by atoms with Crippen LogP contribution in [0.5, 0.6) is 0 Å². The number of aryl methyl sites for hydroxylation is 1. The van der Waals surface area contributed by atoms with Gasteiger partial charge in [-0.2, -0.15) is 0 Å². The van der Waals surface area contributed by atoms with Crippen LogP contribution in [-0.2, 0) is 22.7 Å². The molecule has 0 bridgehead atoms. The molecule has 2 aromatic rings. The molecule has 32 heavy (non-hydrogen) atoms. The molecule has 1 saturated heterocycles. The number of carbonyl (C=O) groups excluding carboxylic acids is 4. The molecule has 166 valence electrons. The van der Waals surface area contributed by atoms with Crippen LogP contribution in [0.4, 0.5) is 10.5 Å². The van der Waals surface area contributed by atoms with E-state index in [0.29, 0.717) is 29.2 Å². The maximum absolute atomic E-state index is 12.8. The average molecular weight is 455 g/mol. The van der Waals surface area contributed by atoms with Gasteiger partial charge >= 0.3 is 6.03 Å². The summed E-state index contributed by atoms with van der Waals surface area (Å²) < 4.78 is 0. The van der Waals surface area contributed by atoms with Crippen molar-refractivity contribution in [2.75, 3.05) is 11.9 Å². The van der Waals surface area contributed by atoms with Crippen LogP contribution in [0.15, 0.2) is 36.4 Å². The van der Waals surface area contributed by atoms with E-state index in [1.54, 1.807) is 25.2 Å². The summed E-state index contributed by atoms with van der Waals surface area (Å²) in [5.74, 6) is -0.971. The smallest absolute Gasteiger partial charge is 0.321 e. The number of fused-ring (bicyclic) bond motifs is 1. The zero-order valence-corrected chi connectivity index (χ0v) is 18.5. The zero-order valence-electron chi connectivity index (χ0n) is 17.8. The molecule has 0 aliphatic carbocycles. The first-order chi connectivity index (χ1) is 15.2. The Hall–Kier alpha value is -3.39. The highest BCUT2D eigenvalue weighted by atomic mass is 35.5. The average Bonchev–Trinajstić information content (AvgIpc) is 3.09. The molecule has 0 aromatic heterocycles. The highest BCUT2D eigenvalue weighted by Gasteiger charge is 2.39. The third kappa shape index (κ3) is 4.18. The van der Waals surface area contributed by atoms with Crippen LogP contribution in [0.2, 0.25) is 5.02 Å². The Kier molecular flexibility index (Phi) is 5.88. The number of hydrogen-bond acceptors (Lipinski definition) is 4. The molecule has 2 N–H and O–H groups in total. The van der Waals surface area contributed by atoms with Crippen LogP contribution >= 0.6 is 11.6 Å². The van der Waals surface area contributed by atoms with Gasteiger partial charge in [-0.15, -0.1) is 0 Å². The molecule has 2 aromatic carbocycles. The summed E-state index contributed by atoms with van der Waals surface area (Å²) in [5.41, 5.74) is 3.78. The Labute approximate surface area is 190 Å². The predicted molar refractivity (Wildman–Crippen MR) is 119 cm³/mol. The number of benzene rings is 2. The maximum Gasteiger partial charge on any atom is 0.321 e. The van der Waals surface area contributed by atoms with Crippen molar-refractivity contribution in [2.45, 2.75) is 38.9 Å². The number of amides is 5. The lowest BCUT2D eigenvalue weighted by Crippen LogP contribution is -2.52. The summed E-state index contributed by atoms with van der Waals surface area (Å²) in [6.07, 6.45) is 0.538. The SMILES string of the molecule is Cc1ccc(N(C)C(=O)NCc2ccc3c(c2)CN(C2CCC(=O)NC2=O)C3=O)cc1Cl. The Morgan fingerprint density at radius 2 is 2.00 bits per heavy atom. The molecule has 9 heteroatoms. The van der Waals surface area contributed by atoms with Crippen molar-refractivity contribution in [3.8, 4) is 0 Å². The number of nitrogens with zero attached hydrogens (tertiary/aromatic N) is 2. The second kappa shape index (κ2) is 8.63. The predicted octanol–water partition coefficient (Wildman–Crippen LogP) is 2.76. The van der Waals surface area contributed by atoms with E-state index < -0.39 is 11.9 Å². The summed E-state index contributed by atoms with van der Waals surface area (Å²) in [5, 5.41) is 5.75. The van der Waals surface area contributed by atoms with Gasteiger partial charge < -0.3 is 10.2 Å². The van der Waals surface area contributed by atoms with E-state index >= 15 is 0 Å². The molecule has 1 fully saturated rings. The first kappa shape index (κ1) is 21.8. The Balaban J connectivity index is 1.41. The largest absolute Gasteiger partial charge is 0.334 e. The molecule has 8 nitrogen and oxygen atoms in total. The van der Waals surface area contributed by atoms with Gasteiger partial charge in [0.25, 0.3) is 5.91 Å². The number of carbonyl (C=O) groups is 4. The van der Waals surface area contributed by atoms with E-state index in [9.17, 15) is 19.2 Å². The molecule has 2 aliphatic heterocycles. The van der Waals surface area contributed by atoms with Gasteiger partial charge in [-0.1, -0.05) is 29.8 Å². The van der Waals surface area contributed by atoms with Crippen molar-refractivity contribution in [2.24, 2.45) is 0 Å². The number of piperidine rings is 1. The maximum atomic E-state index is 12.8. The number of imide groups is 1. The van der Waals surface area contributed by atoms with E-state index in [-0.39, 0.29) is 30.8 Å². The second-order valence-corrected chi connectivity index (χ2v) is 8.45. The van der Waals surface area contributed by atoms with Gasteiger partial charge in [0.15, 0.2) is 0 Å². The molecule has 1 unspecified atom stereocenters. The lowest BCUT2D eigenvalue weighted by Gasteiger charge is -2.29. The number of halogens is 1. The third-order valence-electron chi connectivity index (χ3n) is 5.88. The summed E-state index contributed by atoms with van der Waals surface area (Å²) in [7, 11) is 1.66. The molecule has 2 aliphatic rings. The van der Waals surface area contributed by atoms with Crippen molar-refractivity contribution >= 4 is 41.0 Å². The van der Waals surface area contributed by atoms with Crippen molar-refractivity contribution < 1.29 is 19.2 Å². The molecular weight excluding hydrogens is 432 g/mol. The van der Waals surface area contributed by atoms with E-state index in [2.05, 4.69) is 10.6 Å². The van der Waals surface area contributed by atoms with Gasteiger partial charge in [-0.25, -0.2) is 4.79 Å². The molecule has 0 saturated carbocycles. The molecule has 0 spiro atoms. The summed E-state index contributed by atoms with van der Waals surface area (Å²) in [4.78, 5) is 51.9. The minimum absolute atomic E-state index is 0.216.